The number of nitrogens with zero attached hydrogens (tertiary/aromatic N) is 1. The number of aryl methyl sites for hydroxylation is 1. The van der Waals surface area contributed by atoms with Crippen LogP contribution < -0.4 is 0 Å². The van der Waals surface area contributed by atoms with Gasteiger partial charge in [-0.25, -0.2) is 0 Å². The number of aliphatic hydroxyl groups is 1. The van der Waals surface area contributed by atoms with E-state index in [0.717, 1.165) is 23.2 Å². The fourth-order valence-electron chi connectivity index (χ4n) is 3.11. The number of thiophene rings is 1. The van der Waals surface area contributed by atoms with Crippen molar-refractivity contribution in [2.24, 2.45) is 0 Å². The van der Waals surface area contributed by atoms with Crippen LogP contribution in [0.4, 0.5) is 0 Å². The van der Waals surface area contributed by atoms with Gasteiger partial charge in [-0.2, -0.15) is 0 Å². The van der Waals surface area contributed by atoms with Crippen molar-refractivity contribution in [3.05, 3.63) is 93.2 Å². The Morgan fingerprint density at radius 2 is 1.42 bits per heavy atom. The van der Waals surface area contributed by atoms with Crippen molar-refractivity contribution in [2.45, 2.75) is 19.1 Å². The predicted octanol–water partition coefficient (Wildman–Crippen LogP) is 4.40. The maximum atomic E-state index is 11.9. The molecule has 2 aromatic carbocycles. The molecule has 3 rings (SSSR count). The lowest BCUT2D eigenvalue weighted by Crippen LogP contribution is -2.30. The highest BCUT2D eigenvalue weighted by molar-refractivity contribution is 7.12. The van der Waals surface area contributed by atoms with Gasteiger partial charge in [-0.05, 0) is 38.2 Å². The lowest BCUT2D eigenvalue weighted by Gasteiger charge is -2.30. The molecule has 0 spiro atoms. The van der Waals surface area contributed by atoms with Crippen LogP contribution in [-0.4, -0.2) is 24.1 Å². The van der Waals surface area contributed by atoms with Crippen LogP contribution in [0.5, 0.6) is 0 Å². The topological polar surface area (TPSA) is 23.5 Å². The first kappa shape index (κ1) is 16.9. The normalized spacial score (nSPS) is 11.9. The molecule has 0 atom stereocenters. The number of rotatable bonds is 5. The minimum absolute atomic E-state index is 0.815. The third-order valence-corrected chi connectivity index (χ3v) is 5.20. The fraction of sp³-hybridized carbons (Fsp3) is 0.238. The lowest BCUT2D eigenvalue weighted by molar-refractivity contribution is 0.124. The first-order chi connectivity index (χ1) is 11.5. The predicted molar refractivity (Wildman–Crippen MR) is 101 cm³/mol. The SMILES string of the molecule is Cc1cc(C(O)(c2ccccc2)c2ccccc2)c(CN(C)C)s1. The molecule has 0 radical (unpaired) electrons. The average molecular weight is 337 g/mol. The summed E-state index contributed by atoms with van der Waals surface area (Å²) in [5.41, 5.74) is 1.64. The Balaban J connectivity index is 2.24. The van der Waals surface area contributed by atoms with Crippen LogP contribution in [0, 0.1) is 6.92 Å². The van der Waals surface area contributed by atoms with Gasteiger partial charge in [0.15, 0.2) is 0 Å². The van der Waals surface area contributed by atoms with Gasteiger partial charge in [0.1, 0.15) is 5.60 Å². The van der Waals surface area contributed by atoms with Crippen LogP contribution in [0.25, 0.3) is 0 Å². The van der Waals surface area contributed by atoms with Crippen LogP contribution in [-0.2, 0) is 12.1 Å². The third kappa shape index (κ3) is 3.16. The zero-order chi connectivity index (χ0) is 17.2. The minimum atomic E-state index is -1.14. The van der Waals surface area contributed by atoms with Gasteiger partial charge < -0.3 is 10.0 Å². The van der Waals surface area contributed by atoms with E-state index < -0.39 is 5.60 Å². The van der Waals surface area contributed by atoms with Crippen LogP contribution in [0.15, 0.2) is 66.7 Å². The number of hydrogen-bond acceptors (Lipinski definition) is 3. The van der Waals surface area contributed by atoms with E-state index in [2.05, 4.69) is 32.0 Å². The monoisotopic (exact) mass is 337 g/mol. The number of hydrogen-bond donors (Lipinski definition) is 1. The Morgan fingerprint density at radius 3 is 1.88 bits per heavy atom. The van der Waals surface area contributed by atoms with E-state index in [9.17, 15) is 5.11 Å². The third-order valence-electron chi connectivity index (χ3n) is 4.16. The second-order valence-electron chi connectivity index (χ2n) is 6.37. The highest BCUT2D eigenvalue weighted by Gasteiger charge is 2.36. The Kier molecular flexibility index (Phi) is 4.86. The maximum Gasteiger partial charge on any atom is 0.141 e. The first-order valence-corrected chi connectivity index (χ1v) is 8.91. The average Bonchev–Trinajstić information content (AvgIpc) is 2.96. The molecule has 1 heterocycles. The van der Waals surface area contributed by atoms with Crippen molar-refractivity contribution in [3.8, 4) is 0 Å². The van der Waals surface area contributed by atoms with Gasteiger partial charge in [-0.1, -0.05) is 60.7 Å². The van der Waals surface area contributed by atoms with Gasteiger partial charge in [0.2, 0.25) is 0 Å². The van der Waals surface area contributed by atoms with E-state index in [-0.39, 0.29) is 0 Å². The van der Waals surface area contributed by atoms with Crippen molar-refractivity contribution >= 4 is 11.3 Å². The molecule has 0 aliphatic rings. The summed E-state index contributed by atoms with van der Waals surface area (Å²) in [6.07, 6.45) is 0. The van der Waals surface area contributed by atoms with Crippen molar-refractivity contribution in [2.75, 3.05) is 14.1 Å². The summed E-state index contributed by atoms with van der Waals surface area (Å²) in [7, 11) is 4.12. The molecule has 3 aromatic rings. The summed E-state index contributed by atoms with van der Waals surface area (Å²) in [5.74, 6) is 0. The molecular formula is C21H23NOS. The van der Waals surface area contributed by atoms with Crippen LogP contribution in [0.2, 0.25) is 0 Å². The molecule has 0 saturated carbocycles. The summed E-state index contributed by atoms with van der Waals surface area (Å²) in [4.78, 5) is 4.56. The molecule has 0 aliphatic carbocycles. The van der Waals surface area contributed by atoms with Crippen LogP contribution in [0.3, 0.4) is 0 Å². The molecule has 24 heavy (non-hydrogen) atoms. The summed E-state index contributed by atoms with van der Waals surface area (Å²) in [6.45, 7) is 2.92. The van der Waals surface area contributed by atoms with E-state index in [0.29, 0.717) is 0 Å². The molecule has 1 N–H and O–H groups in total. The summed E-state index contributed by atoms with van der Waals surface area (Å²) < 4.78 is 0. The van der Waals surface area contributed by atoms with Crippen LogP contribution in [0.1, 0.15) is 26.4 Å². The highest BCUT2D eigenvalue weighted by atomic mass is 32.1. The van der Waals surface area contributed by atoms with E-state index in [4.69, 9.17) is 0 Å². The summed E-state index contributed by atoms with van der Waals surface area (Å²) in [6, 6.07) is 22.0. The summed E-state index contributed by atoms with van der Waals surface area (Å²) in [5, 5.41) is 11.9. The van der Waals surface area contributed by atoms with E-state index in [1.54, 1.807) is 11.3 Å². The smallest absolute Gasteiger partial charge is 0.141 e. The molecule has 3 heteroatoms. The zero-order valence-corrected chi connectivity index (χ0v) is 15.2. The molecule has 0 fully saturated rings. The van der Waals surface area contributed by atoms with Crippen molar-refractivity contribution < 1.29 is 5.11 Å². The van der Waals surface area contributed by atoms with Gasteiger partial charge in [0.05, 0.1) is 0 Å². The van der Waals surface area contributed by atoms with Crippen molar-refractivity contribution in [3.63, 3.8) is 0 Å². The quantitative estimate of drug-likeness (QED) is 0.746. The molecule has 0 unspecified atom stereocenters. The maximum absolute atomic E-state index is 11.9. The summed E-state index contributed by atoms with van der Waals surface area (Å²) >= 11 is 1.76. The molecule has 1 aromatic heterocycles. The van der Waals surface area contributed by atoms with Crippen LogP contribution >= 0.6 is 11.3 Å². The minimum Gasteiger partial charge on any atom is -0.376 e. The number of benzene rings is 2. The van der Waals surface area contributed by atoms with E-state index in [1.165, 1.54) is 9.75 Å². The Hall–Kier alpha value is -1.94. The highest BCUT2D eigenvalue weighted by Crippen LogP contribution is 2.41. The second-order valence-corrected chi connectivity index (χ2v) is 7.72. The fourth-order valence-corrected chi connectivity index (χ4v) is 4.31. The van der Waals surface area contributed by atoms with Gasteiger partial charge in [0.25, 0.3) is 0 Å². The molecule has 0 bridgehead atoms. The van der Waals surface area contributed by atoms with Gasteiger partial charge in [0, 0.05) is 21.9 Å². The van der Waals surface area contributed by atoms with Gasteiger partial charge in [-0.3, -0.25) is 0 Å². The molecule has 0 amide bonds. The Bertz CT molecular complexity index is 754. The zero-order valence-electron chi connectivity index (χ0n) is 14.4. The standard InChI is InChI=1S/C21H23NOS/c1-16-14-19(20(24-16)15-22(2)3)21(23,17-10-6-4-7-11-17)18-12-8-5-9-13-18/h4-14,23H,15H2,1-3H3. The second kappa shape index (κ2) is 6.89. The molecule has 2 nitrogen and oxygen atoms in total. The van der Waals surface area contributed by atoms with E-state index >= 15 is 0 Å². The Morgan fingerprint density at radius 1 is 0.917 bits per heavy atom. The molecule has 0 saturated heterocycles. The van der Waals surface area contributed by atoms with Crippen molar-refractivity contribution in [1.82, 2.24) is 4.90 Å². The first-order valence-electron chi connectivity index (χ1n) is 8.09. The molecule has 0 aliphatic heterocycles. The van der Waals surface area contributed by atoms with Gasteiger partial charge >= 0.3 is 0 Å². The largest absolute Gasteiger partial charge is 0.376 e. The molecular weight excluding hydrogens is 314 g/mol. The van der Waals surface area contributed by atoms with Crippen molar-refractivity contribution in [1.29, 1.82) is 0 Å². The lowest BCUT2D eigenvalue weighted by atomic mass is 9.80. The molecule has 124 valence electrons. The Labute approximate surface area is 148 Å². The van der Waals surface area contributed by atoms with E-state index in [1.807, 2.05) is 60.7 Å². The van der Waals surface area contributed by atoms with Gasteiger partial charge in [-0.15, -0.1) is 11.3 Å².